The van der Waals surface area contributed by atoms with E-state index in [0.29, 0.717) is 12.1 Å². The molecule has 0 aromatic carbocycles. The lowest BCUT2D eigenvalue weighted by atomic mass is 10.1. The van der Waals surface area contributed by atoms with Crippen LogP contribution in [0.5, 0.6) is 0 Å². The predicted molar refractivity (Wildman–Crippen MR) is 105 cm³/mol. The van der Waals surface area contributed by atoms with Gasteiger partial charge in [-0.25, -0.2) is 0 Å². The lowest BCUT2D eigenvalue weighted by Crippen LogP contribution is -2.40. The van der Waals surface area contributed by atoms with Crippen molar-refractivity contribution in [3.05, 3.63) is 51.7 Å². The minimum absolute atomic E-state index is 0.00708. The van der Waals surface area contributed by atoms with Crippen LogP contribution in [-0.2, 0) is 13.6 Å². The third-order valence-corrected chi connectivity index (χ3v) is 5.01. The smallest absolute Gasteiger partial charge is 0.263 e. The Bertz CT molecular complexity index is 879. The third-order valence-electron chi connectivity index (χ3n) is 5.01. The number of aromatic nitrogens is 3. The summed E-state index contributed by atoms with van der Waals surface area (Å²) in [6.45, 7) is 5.06. The van der Waals surface area contributed by atoms with E-state index in [2.05, 4.69) is 5.10 Å². The van der Waals surface area contributed by atoms with Gasteiger partial charge in [-0.3, -0.25) is 14.3 Å². The highest BCUT2D eigenvalue weighted by molar-refractivity contribution is 5.95. The summed E-state index contributed by atoms with van der Waals surface area (Å²) in [5.74, 6) is -0.171. The first-order valence-electron chi connectivity index (χ1n) is 9.43. The van der Waals surface area contributed by atoms with Crippen molar-refractivity contribution >= 4 is 5.91 Å². The largest absolute Gasteiger partial charge is 0.331 e. The second-order valence-corrected chi connectivity index (χ2v) is 7.88. The maximum atomic E-state index is 13.4. The molecule has 146 valence electrons. The van der Waals surface area contributed by atoms with Crippen molar-refractivity contribution < 1.29 is 4.79 Å². The lowest BCUT2D eigenvalue weighted by molar-refractivity contribution is 0.0726. The highest BCUT2D eigenvalue weighted by atomic mass is 16.2. The SMILES string of the molecule is Cc1ccn(C(C)CN(C)C)c(=O)c1C(=O)N(Cc1cnn(C)c1)C1CC1. The quantitative estimate of drug-likeness (QED) is 0.745. The molecule has 1 amide bonds. The first-order valence-corrected chi connectivity index (χ1v) is 9.43. The summed E-state index contributed by atoms with van der Waals surface area (Å²) >= 11 is 0. The van der Waals surface area contributed by atoms with E-state index in [4.69, 9.17) is 0 Å². The van der Waals surface area contributed by atoms with Crippen molar-refractivity contribution in [3.8, 4) is 0 Å². The van der Waals surface area contributed by atoms with Crippen LogP contribution in [0.1, 0.15) is 47.3 Å². The zero-order chi connectivity index (χ0) is 19.7. The van der Waals surface area contributed by atoms with Crippen LogP contribution in [0.25, 0.3) is 0 Å². The molecule has 1 fully saturated rings. The van der Waals surface area contributed by atoms with Gasteiger partial charge in [-0.2, -0.15) is 5.10 Å². The van der Waals surface area contributed by atoms with Gasteiger partial charge in [-0.15, -0.1) is 0 Å². The Labute approximate surface area is 160 Å². The van der Waals surface area contributed by atoms with Crippen LogP contribution < -0.4 is 5.56 Å². The number of nitrogens with zero attached hydrogens (tertiary/aromatic N) is 5. The normalized spacial score (nSPS) is 15.2. The molecular formula is C20H29N5O2. The number of rotatable bonds is 7. The number of carbonyl (C=O) groups is 1. The average Bonchev–Trinajstić information content (AvgIpc) is 3.34. The number of carbonyl (C=O) groups excluding carboxylic acids is 1. The van der Waals surface area contributed by atoms with Gasteiger partial charge in [0.1, 0.15) is 5.56 Å². The van der Waals surface area contributed by atoms with Gasteiger partial charge in [-0.05, 0) is 52.4 Å². The third kappa shape index (κ3) is 4.30. The Morgan fingerprint density at radius 3 is 2.63 bits per heavy atom. The average molecular weight is 371 g/mol. The molecule has 7 nitrogen and oxygen atoms in total. The second kappa shape index (κ2) is 7.68. The van der Waals surface area contributed by atoms with Crippen LogP contribution >= 0.6 is 0 Å². The molecule has 1 atom stereocenters. The molecule has 1 unspecified atom stereocenters. The van der Waals surface area contributed by atoms with Crippen LogP contribution in [0.2, 0.25) is 0 Å². The topological polar surface area (TPSA) is 63.4 Å². The molecule has 2 heterocycles. The van der Waals surface area contributed by atoms with Gasteiger partial charge in [0, 0.05) is 50.2 Å². The van der Waals surface area contributed by atoms with Gasteiger partial charge < -0.3 is 14.4 Å². The number of amides is 1. The number of pyridine rings is 1. The van der Waals surface area contributed by atoms with E-state index in [1.165, 1.54) is 0 Å². The predicted octanol–water partition coefficient (Wildman–Crippen LogP) is 1.82. The van der Waals surface area contributed by atoms with Crippen LogP contribution in [0.3, 0.4) is 0 Å². The molecule has 0 aliphatic heterocycles. The molecule has 0 saturated heterocycles. The molecule has 1 aliphatic carbocycles. The summed E-state index contributed by atoms with van der Waals surface area (Å²) in [5, 5.41) is 4.19. The Morgan fingerprint density at radius 2 is 2.07 bits per heavy atom. The van der Waals surface area contributed by atoms with E-state index in [9.17, 15) is 9.59 Å². The van der Waals surface area contributed by atoms with Crippen molar-refractivity contribution in [3.63, 3.8) is 0 Å². The van der Waals surface area contributed by atoms with Crippen LogP contribution in [-0.4, -0.2) is 56.7 Å². The summed E-state index contributed by atoms with van der Waals surface area (Å²) in [6, 6.07) is 2.08. The van der Waals surface area contributed by atoms with Gasteiger partial charge in [0.25, 0.3) is 11.5 Å². The fraction of sp³-hybridized carbons (Fsp3) is 0.550. The van der Waals surface area contributed by atoms with Gasteiger partial charge in [0.05, 0.1) is 6.20 Å². The fourth-order valence-corrected chi connectivity index (χ4v) is 3.51. The number of aryl methyl sites for hydroxylation is 2. The molecule has 0 N–H and O–H groups in total. The zero-order valence-corrected chi connectivity index (χ0v) is 16.8. The maximum Gasteiger partial charge on any atom is 0.263 e. The van der Waals surface area contributed by atoms with Crippen molar-refractivity contribution in [2.75, 3.05) is 20.6 Å². The molecule has 3 rings (SSSR count). The number of hydrogen-bond acceptors (Lipinski definition) is 4. The van der Waals surface area contributed by atoms with Crippen molar-refractivity contribution in [1.29, 1.82) is 0 Å². The van der Waals surface area contributed by atoms with E-state index in [1.54, 1.807) is 21.6 Å². The zero-order valence-electron chi connectivity index (χ0n) is 16.8. The molecule has 7 heteroatoms. The number of hydrogen-bond donors (Lipinski definition) is 0. The molecular weight excluding hydrogens is 342 g/mol. The highest BCUT2D eigenvalue weighted by Gasteiger charge is 2.35. The van der Waals surface area contributed by atoms with E-state index in [0.717, 1.165) is 30.5 Å². The number of likely N-dealkylation sites (N-methyl/N-ethyl adjacent to an activating group) is 1. The van der Waals surface area contributed by atoms with Crippen molar-refractivity contribution in [2.45, 2.75) is 45.3 Å². The molecule has 1 saturated carbocycles. The minimum atomic E-state index is -0.203. The monoisotopic (exact) mass is 371 g/mol. The van der Waals surface area contributed by atoms with E-state index < -0.39 is 0 Å². The van der Waals surface area contributed by atoms with Gasteiger partial charge in [0.15, 0.2) is 0 Å². The molecule has 0 radical (unpaired) electrons. The van der Waals surface area contributed by atoms with Gasteiger partial charge >= 0.3 is 0 Å². The van der Waals surface area contributed by atoms with Gasteiger partial charge in [-0.1, -0.05) is 0 Å². The van der Waals surface area contributed by atoms with Crippen LogP contribution in [0.4, 0.5) is 0 Å². The fourth-order valence-electron chi connectivity index (χ4n) is 3.51. The molecule has 0 bridgehead atoms. The van der Waals surface area contributed by atoms with Crippen LogP contribution in [0, 0.1) is 6.92 Å². The Kier molecular flexibility index (Phi) is 5.51. The van der Waals surface area contributed by atoms with E-state index in [-0.39, 0.29) is 23.6 Å². The Hall–Kier alpha value is -2.41. The highest BCUT2D eigenvalue weighted by Crippen LogP contribution is 2.30. The van der Waals surface area contributed by atoms with Crippen molar-refractivity contribution in [2.24, 2.45) is 7.05 Å². The van der Waals surface area contributed by atoms with Gasteiger partial charge in [0.2, 0.25) is 0 Å². The molecule has 0 spiro atoms. The first kappa shape index (κ1) is 19.4. The molecule has 2 aromatic rings. The summed E-state index contributed by atoms with van der Waals surface area (Å²) in [6.07, 6.45) is 7.47. The molecule has 27 heavy (non-hydrogen) atoms. The summed E-state index contributed by atoms with van der Waals surface area (Å²) in [5.41, 5.74) is 1.80. The van der Waals surface area contributed by atoms with Crippen molar-refractivity contribution in [1.82, 2.24) is 24.1 Å². The summed E-state index contributed by atoms with van der Waals surface area (Å²) < 4.78 is 3.41. The second-order valence-electron chi connectivity index (χ2n) is 7.88. The molecule has 1 aliphatic rings. The first-order chi connectivity index (χ1) is 12.8. The summed E-state index contributed by atoms with van der Waals surface area (Å²) in [7, 11) is 5.81. The standard InChI is InChI=1S/C20H29N5O2/c1-14-8-9-24(15(2)11-22(3)4)19(26)18(14)20(27)25(17-6-7-17)13-16-10-21-23(5)12-16/h8-10,12,15,17H,6-7,11,13H2,1-5H3. The van der Waals surface area contributed by atoms with E-state index in [1.807, 2.05) is 57.1 Å². The summed E-state index contributed by atoms with van der Waals surface area (Å²) in [4.78, 5) is 30.4. The lowest BCUT2D eigenvalue weighted by Gasteiger charge is -2.24. The van der Waals surface area contributed by atoms with Crippen LogP contribution in [0.15, 0.2) is 29.5 Å². The Morgan fingerprint density at radius 1 is 1.37 bits per heavy atom. The minimum Gasteiger partial charge on any atom is -0.331 e. The van der Waals surface area contributed by atoms with E-state index >= 15 is 0 Å². The Balaban J connectivity index is 1.93. The maximum absolute atomic E-state index is 13.4. The molecule has 2 aromatic heterocycles.